The van der Waals surface area contributed by atoms with E-state index in [1.165, 1.54) is 24.1 Å². The van der Waals surface area contributed by atoms with Crippen LogP contribution in [0.5, 0.6) is 0 Å². The molecule has 19 heavy (non-hydrogen) atoms. The van der Waals surface area contributed by atoms with Gasteiger partial charge in [-0.2, -0.15) is 0 Å². The second-order valence-corrected chi connectivity index (χ2v) is 8.04. The van der Waals surface area contributed by atoms with Crippen LogP contribution in [0.4, 0.5) is 0 Å². The fourth-order valence-corrected chi connectivity index (χ4v) is 4.89. The molecule has 2 aliphatic rings. The predicted octanol–water partition coefficient (Wildman–Crippen LogP) is 3.76. The Morgan fingerprint density at radius 1 is 1.05 bits per heavy atom. The molecule has 2 heterocycles. The summed E-state index contributed by atoms with van der Waals surface area (Å²) in [6.07, 6.45) is 5.90. The van der Waals surface area contributed by atoms with Crippen molar-refractivity contribution in [3.8, 4) is 0 Å². The number of rotatable bonds is 1. The molecule has 1 aliphatic heterocycles. The van der Waals surface area contributed by atoms with Crippen LogP contribution in [0.2, 0.25) is 0 Å². The lowest BCUT2D eigenvalue weighted by atomic mass is 9.83. The molecule has 1 aromatic rings. The molecule has 1 fully saturated rings. The van der Waals surface area contributed by atoms with Crippen LogP contribution in [0.1, 0.15) is 75.4 Å². The van der Waals surface area contributed by atoms with Crippen molar-refractivity contribution in [3.05, 3.63) is 15.6 Å². The van der Waals surface area contributed by atoms with E-state index in [2.05, 4.69) is 27.7 Å². The maximum atomic E-state index is 6.63. The van der Waals surface area contributed by atoms with Gasteiger partial charge in [-0.05, 0) is 40.5 Å². The zero-order valence-electron chi connectivity index (χ0n) is 12.4. The summed E-state index contributed by atoms with van der Waals surface area (Å²) >= 11 is 1.78. The Kier molecular flexibility index (Phi) is 2.87. The third-order valence-corrected chi connectivity index (χ3v) is 6.01. The summed E-state index contributed by atoms with van der Waals surface area (Å²) in [6.45, 7) is 8.47. The Bertz CT molecular complexity index is 467. The van der Waals surface area contributed by atoms with E-state index in [1.807, 2.05) is 0 Å². The van der Waals surface area contributed by atoms with Crippen LogP contribution in [0, 0.1) is 0 Å². The van der Waals surface area contributed by atoms with Crippen LogP contribution in [0.25, 0.3) is 0 Å². The zero-order chi connectivity index (χ0) is 13.9. The molecular weight excluding hydrogens is 256 g/mol. The highest BCUT2D eigenvalue weighted by Gasteiger charge is 2.48. The fourth-order valence-electron chi connectivity index (χ4n) is 3.48. The molecule has 1 saturated carbocycles. The van der Waals surface area contributed by atoms with Crippen LogP contribution in [0.15, 0.2) is 0 Å². The molecular formula is C15H24N2OS. The first-order valence-corrected chi connectivity index (χ1v) is 8.08. The molecule has 0 spiro atoms. The lowest BCUT2D eigenvalue weighted by molar-refractivity contribution is -0.105. The highest BCUT2D eigenvalue weighted by Crippen LogP contribution is 2.51. The topological polar surface area (TPSA) is 48.1 Å². The van der Waals surface area contributed by atoms with Gasteiger partial charge >= 0.3 is 0 Å². The van der Waals surface area contributed by atoms with Crippen molar-refractivity contribution in [3.63, 3.8) is 0 Å². The van der Waals surface area contributed by atoms with Gasteiger partial charge in [0.05, 0.1) is 21.7 Å². The minimum atomic E-state index is -0.293. The zero-order valence-corrected chi connectivity index (χ0v) is 13.2. The summed E-state index contributed by atoms with van der Waals surface area (Å²) in [6, 6.07) is 0. The van der Waals surface area contributed by atoms with E-state index in [0.717, 1.165) is 23.5 Å². The SMILES string of the molecule is CC1(C)OC(C)(C)c2sc(C3(N)CCCCC3)nc21. The molecule has 0 atom stereocenters. The second kappa shape index (κ2) is 4.03. The molecule has 0 unspecified atom stereocenters. The van der Waals surface area contributed by atoms with Crippen molar-refractivity contribution in [1.29, 1.82) is 0 Å². The van der Waals surface area contributed by atoms with Gasteiger partial charge in [0, 0.05) is 0 Å². The third kappa shape index (κ3) is 2.05. The van der Waals surface area contributed by atoms with Gasteiger partial charge in [-0.25, -0.2) is 4.98 Å². The summed E-state index contributed by atoms with van der Waals surface area (Å²) in [5.41, 5.74) is 7.01. The van der Waals surface area contributed by atoms with Crippen molar-refractivity contribution in [1.82, 2.24) is 4.98 Å². The number of nitrogens with two attached hydrogens (primary N) is 1. The van der Waals surface area contributed by atoms with Crippen LogP contribution in [-0.4, -0.2) is 4.98 Å². The smallest absolute Gasteiger partial charge is 0.113 e. The van der Waals surface area contributed by atoms with E-state index in [-0.39, 0.29) is 16.7 Å². The Balaban J connectivity index is 2.04. The van der Waals surface area contributed by atoms with E-state index in [1.54, 1.807) is 11.3 Å². The molecule has 3 nitrogen and oxygen atoms in total. The maximum Gasteiger partial charge on any atom is 0.113 e. The lowest BCUT2D eigenvalue weighted by Gasteiger charge is -2.32. The van der Waals surface area contributed by atoms with Gasteiger partial charge in [-0.3, -0.25) is 0 Å². The highest BCUT2D eigenvalue weighted by molar-refractivity contribution is 7.12. The minimum absolute atomic E-state index is 0.195. The summed E-state index contributed by atoms with van der Waals surface area (Å²) in [7, 11) is 0. The van der Waals surface area contributed by atoms with Crippen molar-refractivity contribution in [2.75, 3.05) is 0 Å². The van der Waals surface area contributed by atoms with Crippen LogP contribution >= 0.6 is 11.3 Å². The van der Waals surface area contributed by atoms with E-state index < -0.39 is 0 Å². The van der Waals surface area contributed by atoms with Gasteiger partial charge in [-0.1, -0.05) is 19.3 Å². The third-order valence-electron chi connectivity index (χ3n) is 4.43. The standard InChI is InChI=1S/C15H24N2OS/c1-13(2)10-11(14(3,4)18-13)19-12(17-10)15(16)8-6-5-7-9-15/h5-9,16H2,1-4H3. The van der Waals surface area contributed by atoms with Crippen LogP contribution < -0.4 is 5.73 Å². The number of nitrogens with zero attached hydrogens (tertiary/aromatic N) is 1. The molecule has 0 aromatic carbocycles. The van der Waals surface area contributed by atoms with Gasteiger partial charge in [0.25, 0.3) is 0 Å². The maximum absolute atomic E-state index is 6.63. The molecule has 0 bridgehead atoms. The Hall–Kier alpha value is -0.450. The van der Waals surface area contributed by atoms with E-state index in [9.17, 15) is 0 Å². The highest BCUT2D eigenvalue weighted by atomic mass is 32.1. The van der Waals surface area contributed by atoms with Crippen molar-refractivity contribution >= 4 is 11.3 Å². The number of ether oxygens (including phenoxy) is 1. The summed E-state index contributed by atoms with van der Waals surface area (Å²) in [5, 5.41) is 1.13. The van der Waals surface area contributed by atoms with Crippen molar-refractivity contribution < 1.29 is 4.74 Å². The normalized spacial score (nSPS) is 27.2. The average molecular weight is 280 g/mol. The quantitative estimate of drug-likeness (QED) is 0.852. The van der Waals surface area contributed by atoms with E-state index >= 15 is 0 Å². The van der Waals surface area contributed by atoms with E-state index in [4.69, 9.17) is 15.5 Å². The first-order valence-electron chi connectivity index (χ1n) is 7.26. The summed E-state index contributed by atoms with van der Waals surface area (Å²) in [4.78, 5) is 6.17. The molecule has 106 valence electrons. The molecule has 0 radical (unpaired) electrons. The largest absolute Gasteiger partial charge is 0.358 e. The number of fused-ring (bicyclic) bond motifs is 1. The predicted molar refractivity (Wildman–Crippen MR) is 78.2 cm³/mol. The van der Waals surface area contributed by atoms with Crippen molar-refractivity contribution in [2.45, 2.75) is 76.5 Å². The molecule has 2 N–H and O–H groups in total. The van der Waals surface area contributed by atoms with Gasteiger partial charge < -0.3 is 10.5 Å². The second-order valence-electron chi connectivity index (χ2n) is 7.04. The Morgan fingerprint density at radius 2 is 1.68 bits per heavy atom. The van der Waals surface area contributed by atoms with Crippen LogP contribution in [0.3, 0.4) is 0 Å². The molecule has 0 amide bonds. The monoisotopic (exact) mass is 280 g/mol. The molecule has 1 aliphatic carbocycles. The van der Waals surface area contributed by atoms with Gasteiger partial charge in [0.15, 0.2) is 0 Å². The number of aromatic nitrogens is 1. The minimum Gasteiger partial charge on any atom is -0.358 e. The number of thiazole rings is 1. The first kappa shape index (κ1) is 13.5. The van der Waals surface area contributed by atoms with Crippen LogP contribution in [-0.2, 0) is 21.5 Å². The Labute approximate surface area is 119 Å². The van der Waals surface area contributed by atoms with E-state index in [0.29, 0.717) is 0 Å². The Morgan fingerprint density at radius 3 is 2.26 bits per heavy atom. The van der Waals surface area contributed by atoms with Gasteiger partial charge in [-0.15, -0.1) is 11.3 Å². The fraction of sp³-hybridized carbons (Fsp3) is 0.800. The molecule has 3 rings (SSSR count). The van der Waals surface area contributed by atoms with Gasteiger partial charge in [0.1, 0.15) is 10.6 Å². The average Bonchev–Trinajstić information content (AvgIpc) is 2.80. The van der Waals surface area contributed by atoms with Crippen molar-refractivity contribution in [2.24, 2.45) is 5.73 Å². The first-order chi connectivity index (χ1) is 8.75. The van der Waals surface area contributed by atoms with Gasteiger partial charge in [0.2, 0.25) is 0 Å². The molecule has 1 aromatic heterocycles. The lowest BCUT2D eigenvalue weighted by Crippen LogP contribution is -2.38. The number of hydrogen-bond donors (Lipinski definition) is 1. The summed E-state index contributed by atoms with van der Waals surface area (Å²) in [5.74, 6) is 0. The summed E-state index contributed by atoms with van der Waals surface area (Å²) < 4.78 is 6.13. The number of hydrogen-bond acceptors (Lipinski definition) is 4. The molecule has 0 saturated heterocycles. The molecule has 4 heteroatoms.